The quantitative estimate of drug-likeness (QED) is 0.817. The summed E-state index contributed by atoms with van der Waals surface area (Å²) in [6.07, 6.45) is 4.47. The van der Waals surface area contributed by atoms with Crippen LogP contribution in [0.2, 0.25) is 5.02 Å². The first-order valence-corrected chi connectivity index (χ1v) is 5.45. The van der Waals surface area contributed by atoms with Crippen LogP contribution in [0.3, 0.4) is 0 Å². The second-order valence-electron chi connectivity index (χ2n) is 2.92. The molecule has 0 aliphatic carbocycles. The standard InChI is InChI=1S/C8H10ClN3S.ClH/c9-6-3-11-8(12-4-6)13-7-1-2-10-5-7;/h3-4,7,10H,1-2,5H2;1H/t7-;/m0./s1. The summed E-state index contributed by atoms with van der Waals surface area (Å²) in [6.45, 7) is 2.15. The zero-order valence-electron chi connectivity index (χ0n) is 7.44. The van der Waals surface area contributed by atoms with E-state index < -0.39 is 0 Å². The van der Waals surface area contributed by atoms with Crippen LogP contribution in [0.4, 0.5) is 0 Å². The van der Waals surface area contributed by atoms with E-state index in [4.69, 9.17) is 11.6 Å². The highest BCUT2D eigenvalue weighted by Crippen LogP contribution is 2.23. The van der Waals surface area contributed by atoms with Crippen LogP contribution in [0.5, 0.6) is 0 Å². The molecule has 1 N–H and O–H groups in total. The summed E-state index contributed by atoms with van der Waals surface area (Å²) in [5, 5.41) is 5.32. The normalized spacial score (nSPS) is 20.5. The topological polar surface area (TPSA) is 37.8 Å². The predicted octanol–water partition coefficient (Wildman–Crippen LogP) is 2.01. The minimum Gasteiger partial charge on any atom is -0.316 e. The van der Waals surface area contributed by atoms with Crippen molar-refractivity contribution in [2.45, 2.75) is 16.8 Å². The van der Waals surface area contributed by atoms with Gasteiger partial charge in [0, 0.05) is 11.8 Å². The molecule has 0 saturated carbocycles. The van der Waals surface area contributed by atoms with Crippen LogP contribution < -0.4 is 5.32 Å². The van der Waals surface area contributed by atoms with Crippen LogP contribution in [0.1, 0.15) is 6.42 Å². The fraction of sp³-hybridized carbons (Fsp3) is 0.500. The van der Waals surface area contributed by atoms with Gasteiger partial charge in [-0.05, 0) is 13.0 Å². The van der Waals surface area contributed by atoms with E-state index in [0.29, 0.717) is 10.3 Å². The lowest BCUT2D eigenvalue weighted by Crippen LogP contribution is -2.10. The third-order valence-electron chi connectivity index (χ3n) is 1.88. The number of hydrogen-bond donors (Lipinski definition) is 1. The van der Waals surface area contributed by atoms with Crippen molar-refractivity contribution < 1.29 is 0 Å². The zero-order chi connectivity index (χ0) is 9.10. The Labute approximate surface area is 98.5 Å². The van der Waals surface area contributed by atoms with Gasteiger partial charge in [0.25, 0.3) is 0 Å². The largest absolute Gasteiger partial charge is 0.316 e. The lowest BCUT2D eigenvalue weighted by Gasteiger charge is -2.04. The van der Waals surface area contributed by atoms with E-state index in [9.17, 15) is 0 Å². The van der Waals surface area contributed by atoms with Crippen molar-refractivity contribution >= 4 is 35.8 Å². The van der Waals surface area contributed by atoms with Gasteiger partial charge in [0.1, 0.15) is 0 Å². The number of nitrogens with one attached hydrogen (secondary N) is 1. The molecule has 0 radical (unpaired) electrons. The predicted molar refractivity (Wildman–Crippen MR) is 61.4 cm³/mol. The SMILES string of the molecule is Cl.Clc1cnc(S[C@H]2CCNC2)nc1. The fourth-order valence-corrected chi connectivity index (χ4v) is 2.30. The Kier molecular flexibility index (Phi) is 4.95. The monoisotopic (exact) mass is 251 g/mol. The van der Waals surface area contributed by atoms with E-state index in [0.717, 1.165) is 18.2 Å². The number of nitrogens with zero attached hydrogens (tertiary/aromatic N) is 2. The maximum atomic E-state index is 5.68. The average Bonchev–Trinajstić information content (AvgIpc) is 2.62. The van der Waals surface area contributed by atoms with Gasteiger partial charge in [-0.15, -0.1) is 12.4 Å². The van der Waals surface area contributed by atoms with Gasteiger partial charge >= 0.3 is 0 Å². The van der Waals surface area contributed by atoms with E-state index in [-0.39, 0.29) is 12.4 Å². The molecule has 14 heavy (non-hydrogen) atoms. The molecule has 0 spiro atoms. The summed E-state index contributed by atoms with van der Waals surface area (Å²) in [7, 11) is 0. The van der Waals surface area contributed by atoms with Gasteiger partial charge in [0.2, 0.25) is 0 Å². The summed E-state index contributed by atoms with van der Waals surface area (Å²) >= 11 is 7.40. The molecule has 0 unspecified atom stereocenters. The molecule has 0 bridgehead atoms. The Hall–Kier alpha value is -0.0300. The number of thioether (sulfide) groups is 1. The highest BCUT2D eigenvalue weighted by molar-refractivity contribution is 7.99. The van der Waals surface area contributed by atoms with E-state index in [1.807, 2.05) is 0 Å². The van der Waals surface area contributed by atoms with Gasteiger partial charge in [-0.1, -0.05) is 23.4 Å². The van der Waals surface area contributed by atoms with Crippen molar-refractivity contribution in [2.75, 3.05) is 13.1 Å². The van der Waals surface area contributed by atoms with Crippen molar-refractivity contribution in [3.8, 4) is 0 Å². The first-order valence-electron chi connectivity index (χ1n) is 4.19. The molecule has 78 valence electrons. The minimum atomic E-state index is 0. The van der Waals surface area contributed by atoms with Crippen molar-refractivity contribution in [3.63, 3.8) is 0 Å². The Bertz CT molecular complexity index is 274. The van der Waals surface area contributed by atoms with Gasteiger partial charge in [0.05, 0.1) is 17.4 Å². The first-order chi connectivity index (χ1) is 6.34. The second kappa shape index (κ2) is 5.75. The maximum absolute atomic E-state index is 5.68. The number of hydrogen-bond acceptors (Lipinski definition) is 4. The number of rotatable bonds is 2. The van der Waals surface area contributed by atoms with Crippen molar-refractivity contribution in [1.82, 2.24) is 15.3 Å². The van der Waals surface area contributed by atoms with Gasteiger partial charge in [-0.3, -0.25) is 0 Å². The molecule has 0 aromatic carbocycles. The molecule has 1 atom stereocenters. The van der Waals surface area contributed by atoms with Gasteiger partial charge in [-0.2, -0.15) is 0 Å². The average molecular weight is 252 g/mol. The summed E-state index contributed by atoms with van der Waals surface area (Å²) in [5.74, 6) is 0. The Balaban J connectivity index is 0.000000980. The van der Waals surface area contributed by atoms with Crippen LogP contribution in [-0.2, 0) is 0 Å². The fourth-order valence-electron chi connectivity index (χ4n) is 1.24. The lowest BCUT2D eigenvalue weighted by molar-refractivity contribution is 0.857. The van der Waals surface area contributed by atoms with Crippen LogP contribution >= 0.6 is 35.8 Å². The molecule has 6 heteroatoms. The molecule has 1 aliphatic rings. The third kappa shape index (κ3) is 3.28. The molecule has 1 aliphatic heterocycles. The van der Waals surface area contributed by atoms with Gasteiger partial charge in [-0.25, -0.2) is 9.97 Å². The van der Waals surface area contributed by atoms with Crippen LogP contribution in [-0.4, -0.2) is 28.3 Å². The molecule has 2 rings (SSSR count). The minimum absolute atomic E-state index is 0. The summed E-state index contributed by atoms with van der Waals surface area (Å²) in [5.41, 5.74) is 0. The third-order valence-corrected chi connectivity index (χ3v) is 3.24. The molecule has 0 amide bonds. The summed E-state index contributed by atoms with van der Waals surface area (Å²) < 4.78 is 0. The van der Waals surface area contributed by atoms with Crippen molar-refractivity contribution in [1.29, 1.82) is 0 Å². The van der Waals surface area contributed by atoms with E-state index in [2.05, 4.69) is 15.3 Å². The molecular weight excluding hydrogens is 241 g/mol. The van der Waals surface area contributed by atoms with Crippen LogP contribution in [0, 0.1) is 0 Å². The smallest absolute Gasteiger partial charge is 0.187 e. The molecule has 2 heterocycles. The first kappa shape index (κ1) is 12.0. The summed E-state index contributed by atoms with van der Waals surface area (Å²) in [6, 6.07) is 0. The molecule has 1 aromatic heterocycles. The van der Waals surface area contributed by atoms with Crippen LogP contribution in [0.15, 0.2) is 17.6 Å². The number of aromatic nitrogens is 2. The Morgan fingerprint density at radius 2 is 2.14 bits per heavy atom. The number of halogens is 2. The zero-order valence-corrected chi connectivity index (χ0v) is 9.83. The highest BCUT2D eigenvalue weighted by atomic mass is 35.5. The van der Waals surface area contributed by atoms with Crippen molar-refractivity contribution in [3.05, 3.63) is 17.4 Å². The maximum Gasteiger partial charge on any atom is 0.187 e. The molecular formula is C8H11Cl2N3S. The van der Waals surface area contributed by atoms with Crippen molar-refractivity contribution in [2.24, 2.45) is 0 Å². The molecule has 1 fully saturated rings. The van der Waals surface area contributed by atoms with Crippen LogP contribution in [0.25, 0.3) is 0 Å². The summed E-state index contributed by atoms with van der Waals surface area (Å²) in [4.78, 5) is 8.27. The Morgan fingerprint density at radius 3 is 2.71 bits per heavy atom. The van der Waals surface area contributed by atoms with E-state index in [1.165, 1.54) is 6.42 Å². The lowest BCUT2D eigenvalue weighted by atomic mass is 10.4. The van der Waals surface area contributed by atoms with E-state index >= 15 is 0 Å². The Morgan fingerprint density at radius 1 is 1.43 bits per heavy atom. The second-order valence-corrected chi connectivity index (χ2v) is 4.62. The highest BCUT2D eigenvalue weighted by Gasteiger charge is 2.16. The van der Waals surface area contributed by atoms with Gasteiger partial charge in [0.15, 0.2) is 5.16 Å². The molecule has 1 saturated heterocycles. The molecule has 3 nitrogen and oxygen atoms in total. The van der Waals surface area contributed by atoms with Gasteiger partial charge < -0.3 is 5.32 Å². The molecule has 1 aromatic rings. The van der Waals surface area contributed by atoms with E-state index in [1.54, 1.807) is 24.2 Å².